The molecule has 33 heavy (non-hydrogen) atoms. The summed E-state index contributed by atoms with van der Waals surface area (Å²) in [6, 6.07) is 16.3. The van der Waals surface area contributed by atoms with Gasteiger partial charge in [-0.25, -0.2) is 0 Å². The fourth-order valence-corrected chi connectivity index (χ4v) is 3.73. The van der Waals surface area contributed by atoms with Crippen LogP contribution in [0.1, 0.15) is 19.4 Å². The van der Waals surface area contributed by atoms with Crippen LogP contribution >= 0.6 is 27.5 Å². The number of carbonyl (C=O) groups is 1. The molecule has 0 aliphatic rings. The molecule has 0 spiro atoms. The summed E-state index contributed by atoms with van der Waals surface area (Å²) in [4.78, 5) is 14.5. The third-order valence-corrected chi connectivity index (χ3v) is 5.90. The molecule has 3 aromatic carbocycles. The molecular weight excluding hydrogens is 508 g/mol. The summed E-state index contributed by atoms with van der Waals surface area (Å²) in [6.07, 6.45) is 0. The van der Waals surface area contributed by atoms with E-state index in [4.69, 9.17) is 21.1 Å². The Morgan fingerprint density at radius 1 is 1.06 bits per heavy atom. The SMILES string of the molecule is COc1ccc(-n2nc3cc(C)c(NC(=O)C(C)(C)Oc4ccc(Br)cc4)cc3n2)cc1Cl. The summed E-state index contributed by atoms with van der Waals surface area (Å²) in [7, 11) is 1.56. The Balaban J connectivity index is 1.57. The van der Waals surface area contributed by atoms with Crippen molar-refractivity contribution in [3.8, 4) is 17.2 Å². The molecule has 1 amide bonds. The number of aryl methyl sites for hydroxylation is 1. The van der Waals surface area contributed by atoms with E-state index in [-0.39, 0.29) is 5.91 Å². The first-order chi connectivity index (χ1) is 15.7. The topological polar surface area (TPSA) is 78.3 Å². The van der Waals surface area contributed by atoms with Gasteiger partial charge in [0.05, 0.1) is 17.8 Å². The Bertz CT molecular complexity index is 1340. The van der Waals surface area contributed by atoms with Crippen molar-refractivity contribution < 1.29 is 14.3 Å². The van der Waals surface area contributed by atoms with Gasteiger partial charge < -0.3 is 14.8 Å². The number of amides is 1. The van der Waals surface area contributed by atoms with Crippen LogP contribution in [0, 0.1) is 6.92 Å². The van der Waals surface area contributed by atoms with Gasteiger partial charge in [-0.2, -0.15) is 4.80 Å². The van der Waals surface area contributed by atoms with Gasteiger partial charge >= 0.3 is 0 Å². The molecule has 4 aromatic rings. The van der Waals surface area contributed by atoms with Crippen molar-refractivity contribution in [2.45, 2.75) is 26.4 Å². The van der Waals surface area contributed by atoms with Crippen molar-refractivity contribution in [3.63, 3.8) is 0 Å². The number of fused-ring (bicyclic) bond motifs is 1. The molecule has 0 atom stereocenters. The average Bonchev–Trinajstić information content (AvgIpc) is 3.18. The Kier molecular flexibility index (Phi) is 6.32. The zero-order valence-electron chi connectivity index (χ0n) is 18.5. The van der Waals surface area contributed by atoms with Gasteiger partial charge in [-0.05, 0) is 80.9 Å². The first kappa shape index (κ1) is 23.1. The number of rotatable bonds is 6. The van der Waals surface area contributed by atoms with Crippen molar-refractivity contribution in [3.05, 3.63) is 69.7 Å². The van der Waals surface area contributed by atoms with Gasteiger partial charge in [-0.1, -0.05) is 27.5 Å². The van der Waals surface area contributed by atoms with Crippen LogP contribution in [0.15, 0.2) is 59.1 Å². The van der Waals surface area contributed by atoms with E-state index in [0.29, 0.717) is 38.9 Å². The van der Waals surface area contributed by atoms with Gasteiger partial charge in [-0.3, -0.25) is 4.79 Å². The number of nitrogens with one attached hydrogen (secondary N) is 1. The smallest absolute Gasteiger partial charge is 0.267 e. The highest BCUT2D eigenvalue weighted by atomic mass is 79.9. The number of halogens is 2. The number of carbonyl (C=O) groups excluding carboxylic acids is 1. The van der Waals surface area contributed by atoms with Crippen molar-refractivity contribution >= 4 is 50.2 Å². The van der Waals surface area contributed by atoms with E-state index < -0.39 is 5.60 Å². The monoisotopic (exact) mass is 528 g/mol. The summed E-state index contributed by atoms with van der Waals surface area (Å²) >= 11 is 9.63. The van der Waals surface area contributed by atoms with Crippen LogP contribution in [0.25, 0.3) is 16.7 Å². The second-order valence-electron chi connectivity index (χ2n) is 7.98. The van der Waals surface area contributed by atoms with E-state index in [0.717, 1.165) is 10.0 Å². The van der Waals surface area contributed by atoms with Crippen molar-refractivity contribution in [2.24, 2.45) is 0 Å². The lowest BCUT2D eigenvalue weighted by Gasteiger charge is -2.25. The van der Waals surface area contributed by atoms with Gasteiger partial charge in [0.25, 0.3) is 5.91 Å². The van der Waals surface area contributed by atoms with Crippen LogP contribution < -0.4 is 14.8 Å². The lowest BCUT2D eigenvalue weighted by Crippen LogP contribution is -2.42. The van der Waals surface area contributed by atoms with E-state index in [2.05, 4.69) is 31.4 Å². The molecule has 0 fully saturated rings. The summed E-state index contributed by atoms with van der Waals surface area (Å²) < 4.78 is 12.1. The molecular formula is C24H22BrClN4O3. The lowest BCUT2D eigenvalue weighted by atomic mass is 10.1. The number of anilines is 1. The third-order valence-electron chi connectivity index (χ3n) is 5.07. The summed E-state index contributed by atoms with van der Waals surface area (Å²) in [5.74, 6) is 0.903. The first-order valence-electron chi connectivity index (χ1n) is 10.1. The molecule has 1 N–H and O–H groups in total. The van der Waals surface area contributed by atoms with Crippen LogP contribution in [-0.4, -0.2) is 33.6 Å². The molecule has 0 saturated heterocycles. The second-order valence-corrected chi connectivity index (χ2v) is 9.31. The predicted octanol–water partition coefficient (Wildman–Crippen LogP) is 5.95. The van der Waals surface area contributed by atoms with Gasteiger partial charge in [0.1, 0.15) is 22.5 Å². The van der Waals surface area contributed by atoms with Crippen LogP contribution in [-0.2, 0) is 4.79 Å². The van der Waals surface area contributed by atoms with E-state index in [1.165, 1.54) is 4.80 Å². The highest BCUT2D eigenvalue weighted by molar-refractivity contribution is 9.10. The Hall–Kier alpha value is -3.10. The minimum atomic E-state index is -1.09. The van der Waals surface area contributed by atoms with Crippen LogP contribution in [0.4, 0.5) is 5.69 Å². The molecule has 1 aromatic heterocycles. The fraction of sp³-hybridized carbons (Fsp3) is 0.208. The molecule has 1 heterocycles. The Morgan fingerprint density at radius 2 is 1.73 bits per heavy atom. The quantitative estimate of drug-likeness (QED) is 0.334. The molecule has 0 bridgehead atoms. The van der Waals surface area contributed by atoms with E-state index in [9.17, 15) is 4.79 Å². The number of hydrogen-bond donors (Lipinski definition) is 1. The minimum Gasteiger partial charge on any atom is -0.495 e. The highest BCUT2D eigenvalue weighted by Crippen LogP contribution is 2.28. The van der Waals surface area contributed by atoms with E-state index in [1.54, 1.807) is 51.3 Å². The van der Waals surface area contributed by atoms with Gasteiger partial charge in [-0.15, -0.1) is 10.2 Å². The summed E-state index contributed by atoms with van der Waals surface area (Å²) in [5.41, 5.74) is 2.43. The molecule has 170 valence electrons. The minimum absolute atomic E-state index is 0.276. The Morgan fingerprint density at radius 3 is 2.36 bits per heavy atom. The standard InChI is InChI=1S/C24H22BrClN4O3/c1-14-11-20-21(29-30(28-20)16-7-10-22(32-4)18(26)12-16)13-19(14)27-23(31)24(2,3)33-17-8-5-15(25)6-9-17/h5-13H,1-4H3,(H,27,31). The maximum absolute atomic E-state index is 13.0. The van der Waals surface area contributed by atoms with Crippen LogP contribution in [0.5, 0.6) is 11.5 Å². The number of methoxy groups -OCH3 is 1. The van der Waals surface area contributed by atoms with Crippen molar-refractivity contribution in [2.75, 3.05) is 12.4 Å². The van der Waals surface area contributed by atoms with Crippen LogP contribution in [0.2, 0.25) is 5.02 Å². The molecule has 7 nitrogen and oxygen atoms in total. The summed E-state index contributed by atoms with van der Waals surface area (Å²) in [6.45, 7) is 5.35. The zero-order chi connectivity index (χ0) is 23.8. The maximum Gasteiger partial charge on any atom is 0.267 e. The molecule has 0 saturated carbocycles. The number of benzene rings is 3. The average molecular weight is 530 g/mol. The van der Waals surface area contributed by atoms with E-state index in [1.807, 2.05) is 31.2 Å². The summed E-state index contributed by atoms with van der Waals surface area (Å²) in [5, 5.41) is 12.5. The molecule has 0 aliphatic heterocycles. The normalized spacial score (nSPS) is 11.5. The van der Waals surface area contributed by atoms with Crippen molar-refractivity contribution in [1.29, 1.82) is 0 Å². The number of aromatic nitrogens is 3. The largest absolute Gasteiger partial charge is 0.495 e. The molecule has 0 aliphatic carbocycles. The number of ether oxygens (including phenoxy) is 2. The molecule has 4 rings (SSSR count). The number of hydrogen-bond acceptors (Lipinski definition) is 5. The fourth-order valence-electron chi connectivity index (χ4n) is 3.21. The van der Waals surface area contributed by atoms with E-state index >= 15 is 0 Å². The zero-order valence-corrected chi connectivity index (χ0v) is 20.9. The molecule has 9 heteroatoms. The maximum atomic E-state index is 13.0. The number of nitrogens with zero attached hydrogens (tertiary/aromatic N) is 3. The highest BCUT2D eigenvalue weighted by Gasteiger charge is 2.30. The first-order valence-corrected chi connectivity index (χ1v) is 11.3. The van der Waals surface area contributed by atoms with Gasteiger partial charge in [0.15, 0.2) is 5.60 Å². The van der Waals surface area contributed by atoms with Crippen LogP contribution in [0.3, 0.4) is 0 Å². The third kappa shape index (κ3) is 4.96. The Labute approximate surface area is 204 Å². The van der Waals surface area contributed by atoms with Crippen molar-refractivity contribution in [1.82, 2.24) is 15.0 Å². The molecule has 0 unspecified atom stereocenters. The predicted molar refractivity (Wildman–Crippen MR) is 133 cm³/mol. The lowest BCUT2D eigenvalue weighted by molar-refractivity contribution is -0.128. The molecule has 0 radical (unpaired) electrons. The second kappa shape index (κ2) is 9.03. The van der Waals surface area contributed by atoms with Gasteiger partial charge in [0.2, 0.25) is 0 Å². The van der Waals surface area contributed by atoms with Gasteiger partial charge in [0, 0.05) is 10.2 Å².